The van der Waals surface area contributed by atoms with Crippen LogP contribution in [0.3, 0.4) is 0 Å². The Morgan fingerprint density at radius 3 is 2.33 bits per heavy atom. The van der Waals surface area contributed by atoms with Crippen molar-refractivity contribution in [2.75, 3.05) is 41.0 Å². The smallest absolute Gasteiger partial charge is 0.296 e. The number of aliphatic hydroxyl groups is 1. The van der Waals surface area contributed by atoms with Gasteiger partial charge < -0.3 is 24.1 Å². The fraction of sp³-hybridized carbons (Fsp3) is 0.667. The Morgan fingerprint density at radius 1 is 1.04 bits per heavy atom. The van der Waals surface area contributed by atoms with E-state index in [1.165, 1.54) is 26.4 Å². The molecule has 1 saturated carbocycles. The Morgan fingerprint density at radius 2 is 1.70 bits per heavy atom. The van der Waals surface area contributed by atoms with Crippen LogP contribution in [0.15, 0.2) is 29.2 Å². The lowest BCUT2D eigenvalue weighted by Crippen LogP contribution is -2.32. The minimum absolute atomic E-state index is 0.0768. The molecule has 1 aromatic carbocycles. The van der Waals surface area contributed by atoms with Gasteiger partial charge in [0.2, 0.25) is 0 Å². The van der Waals surface area contributed by atoms with E-state index in [0.29, 0.717) is 6.42 Å². The van der Waals surface area contributed by atoms with Crippen LogP contribution in [0.25, 0.3) is 0 Å². The molecule has 0 aliphatic heterocycles. The van der Waals surface area contributed by atoms with Gasteiger partial charge in [-0.15, -0.1) is 0 Å². The van der Waals surface area contributed by atoms with Crippen LogP contribution in [-0.2, 0) is 33.2 Å². The summed E-state index contributed by atoms with van der Waals surface area (Å²) in [6, 6.07) is 6.41. The standard InChI is InChI=1S/C18H28O8S/c1-13-4-6-14(7-5-13)27(20,21)26-10-15-16(9-24-11-22-2)18(8-17(15)19)25-12-23-3/h4-7,15-19H,8-12H2,1-3H3/t15-,16-,17-,18-/m0/s1. The molecule has 0 heterocycles. The fourth-order valence-electron chi connectivity index (χ4n) is 3.17. The molecule has 8 nitrogen and oxygen atoms in total. The Bertz CT molecular complexity index is 660. The average Bonchev–Trinajstić information content (AvgIpc) is 2.93. The number of ether oxygens (including phenoxy) is 4. The van der Waals surface area contributed by atoms with E-state index >= 15 is 0 Å². The van der Waals surface area contributed by atoms with E-state index in [-0.39, 0.29) is 43.7 Å². The van der Waals surface area contributed by atoms with Crippen LogP contribution < -0.4 is 0 Å². The summed E-state index contributed by atoms with van der Waals surface area (Å²) in [5.41, 5.74) is 0.952. The molecular weight excluding hydrogens is 376 g/mol. The quantitative estimate of drug-likeness (QED) is 0.335. The molecule has 1 aliphatic rings. The molecule has 27 heavy (non-hydrogen) atoms. The van der Waals surface area contributed by atoms with Crippen molar-refractivity contribution < 1.29 is 36.7 Å². The van der Waals surface area contributed by atoms with E-state index in [1.807, 2.05) is 6.92 Å². The zero-order valence-corrected chi connectivity index (χ0v) is 16.7. The van der Waals surface area contributed by atoms with Gasteiger partial charge in [-0.1, -0.05) is 17.7 Å². The molecule has 1 fully saturated rings. The van der Waals surface area contributed by atoms with Crippen molar-refractivity contribution in [1.29, 1.82) is 0 Å². The summed E-state index contributed by atoms with van der Waals surface area (Å²) in [5.74, 6) is -0.706. The van der Waals surface area contributed by atoms with Gasteiger partial charge in [0.25, 0.3) is 10.1 Å². The summed E-state index contributed by atoms with van der Waals surface area (Å²) < 4.78 is 50.9. The van der Waals surface area contributed by atoms with Crippen molar-refractivity contribution in [2.24, 2.45) is 11.8 Å². The molecule has 4 atom stereocenters. The van der Waals surface area contributed by atoms with E-state index in [9.17, 15) is 13.5 Å². The summed E-state index contributed by atoms with van der Waals surface area (Å²) in [6.45, 7) is 2.13. The van der Waals surface area contributed by atoms with Gasteiger partial charge in [0.05, 0.1) is 30.3 Å². The van der Waals surface area contributed by atoms with Gasteiger partial charge in [0.1, 0.15) is 13.6 Å². The van der Waals surface area contributed by atoms with Crippen molar-refractivity contribution >= 4 is 10.1 Å². The second kappa shape index (κ2) is 10.5. The Hall–Kier alpha value is -1.07. The van der Waals surface area contributed by atoms with Crippen LogP contribution in [0.4, 0.5) is 0 Å². The number of rotatable bonds is 11. The molecule has 0 aromatic heterocycles. The van der Waals surface area contributed by atoms with Crippen molar-refractivity contribution in [3.05, 3.63) is 29.8 Å². The maximum Gasteiger partial charge on any atom is 0.296 e. The molecule has 0 unspecified atom stereocenters. The van der Waals surface area contributed by atoms with Crippen LogP contribution >= 0.6 is 0 Å². The third-order valence-electron chi connectivity index (χ3n) is 4.63. The monoisotopic (exact) mass is 404 g/mol. The highest BCUT2D eigenvalue weighted by atomic mass is 32.2. The molecule has 1 N–H and O–H groups in total. The summed E-state index contributed by atoms with van der Waals surface area (Å²) in [4.78, 5) is 0.0833. The lowest BCUT2D eigenvalue weighted by atomic mass is 9.95. The van der Waals surface area contributed by atoms with E-state index in [4.69, 9.17) is 23.1 Å². The average molecular weight is 404 g/mol. The molecule has 9 heteroatoms. The summed E-state index contributed by atoms with van der Waals surface area (Å²) >= 11 is 0. The summed E-state index contributed by atoms with van der Waals surface area (Å²) in [6.07, 6.45) is -0.744. The predicted octanol–water partition coefficient (Wildman–Crippen LogP) is 1.31. The van der Waals surface area contributed by atoms with Crippen LogP contribution in [0.2, 0.25) is 0 Å². The first-order valence-corrected chi connectivity index (χ1v) is 10.1. The lowest BCUT2D eigenvalue weighted by molar-refractivity contribution is -0.112. The van der Waals surface area contributed by atoms with Crippen LogP contribution in [0, 0.1) is 18.8 Å². The van der Waals surface area contributed by atoms with E-state index in [1.54, 1.807) is 12.1 Å². The number of hydrogen-bond acceptors (Lipinski definition) is 8. The third kappa shape index (κ3) is 6.21. The molecule has 0 radical (unpaired) electrons. The SMILES string of the molecule is COCOC[C@H]1[C@H](COS(=O)(=O)c2ccc(C)cc2)[C@@H](O)C[C@@H]1OCOC. The van der Waals surface area contributed by atoms with Gasteiger partial charge in [0, 0.05) is 32.5 Å². The highest BCUT2D eigenvalue weighted by molar-refractivity contribution is 7.86. The molecule has 154 valence electrons. The normalized spacial score (nSPS) is 25.8. The molecule has 2 rings (SSSR count). The highest BCUT2D eigenvalue weighted by Gasteiger charge is 2.44. The second-order valence-corrected chi connectivity index (χ2v) is 8.19. The van der Waals surface area contributed by atoms with Crippen LogP contribution in [0.5, 0.6) is 0 Å². The highest BCUT2D eigenvalue weighted by Crippen LogP contribution is 2.36. The van der Waals surface area contributed by atoms with Crippen molar-refractivity contribution in [2.45, 2.75) is 30.4 Å². The Labute approximate surface area is 160 Å². The maximum atomic E-state index is 12.4. The lowest BCUT2D eigenvalue weighted by Gasteiger charge is -2.25. The Balaban J connectivity index is 2.05. The minimum Gasteiger partial charge on any atom is -0.393 e. The molecule has 0 saturated heterocycles. The van der Waals surface area contributed by atoms with Gasteiger partial charge in [0.15, 0.2) is 0 Å². The Kier molecular flexibility index (Phi) is 8.62. The number of methoxy groups -OCH3 is 2. The zero-order valence-electron chi connectivity index (χ0n) is 15.9. The van der Waals surface area contributed by atoms with Gasteiger partial charge in [-0.2, -0.15) is 8.42 Å². The van der Waals surface area contributed by atoms with Crippen LogP contribution in [0.1, 0.15) is 12.0 Å². The van der Waals surface area contributed by atoms with Crippen molar-refractivity contribution in [3.63, 3.8) is 0 Å². The number of aryl methyl sites for hydroxylation is 1. The topological polar surface area (TPSA) is 101 Å². The molecule has 0 spiro atoms. The largest absolute Gasteiger partial charge is 0.393 e. The summed E-state index contributed by atoms with van der Waals surface area (Å²) in [7, 11) is -0.892. The second-order valence-electron chi connectivity index (χ2n) is 6.57. The maximum absolute atomic E-state index is 12.4. The zero-order chi connectivity index (χ0) is 19.9. The van der Waals surface area contributed by atoms with Crippen LogP contribution in [-0.4, -0.2) is 66.8 Å². The fourth-order valence-corrected chi connectivity index (χ4v) is 4.11. The van der Waals surface area contributed by atoms with Gasteiger partial charge in [-0.05, 0) is 19.1 Å². The summed E-state index contributed by atoms with van der Waals surface area (Å²) in [5, 5.41) is 10.4. The first-order valence-electron chi connectivity index (χ1n) is 8.70. The molecule has 1 aromatic rings. The van der Waals surface area contributed by atoms with Crippen molar-refractivity contribution in [1.82, 2.24) is 0 Å². The minimum atomic E-state index is -3.91. The van der Waals surface area contributed by atoms with E-state index in [0.717, 1.165) is 5.56 Å². The third-order valence-corrected chi connectivity index (χ3v) is 5.93. The molecular formula is C18H28O8S. The number of benzene rings is 1. The first kappa shape index (κ1) is 22.2. The number of hydrogen-bond donors (Lipinski definition) is 1. The predicted molar refractivity (Wildman–Crippen MR) is 96.5 cm³/mol. The molecule has 0 amide bonds. The van der Waals surface area contributed by atoms with Gasteiger partial charge in [-0.3, -0.25) is 4.18 Å². The number of aliphatic hydroxyl groups excluding tert-OH is 1. The molecule has 0 bridgehead atoms. The van der Waals surface area contributed by atoms with Gasteiger partial charge in [-0.25, -0.2) is 0 Å². The molecule has 1 aliphatic carbocycles. The van der Waals surface area contributed by atoms with E-state index < -0.39 is 22.1 Å². The first-order chi connectivity index (χ1) is 12.9. The van der Waals surface area contributed by atoms with Gasteiger partial charge >= 0.3 is 0 Å². The van der Waals surface area contributed by atoms with E-state index in [2.05, 4.69) is 0 Å². The van der Waals surface area contributed by atoms with Crippen molar-refractivity contribution in [3.8, 4) is 0 Å².